The van der Waals surface area contributed by atoms with E-state index in [-0.39, 0.29) is 13.2 Å². The summed E-state index contributed by atoms with van der Waals surface area (Å²) in [6.07, 6.45) is 0. The van der Waals surface area contributed by atoms with Crippen LogP contribution in [-0.4, -0.2) is 36.2 Å². The van der Waals surface area contributed by atoms with Gasteiger partial charge in [0.25, 0.3) is 5.91 Å². The van der Waals surface area contributed by atoms with Gasteiger partial charge in [0.05, 0.1) is 24.8 Å². The van der Waals surface area contributed by atoms with Gasteiger partial charge in [0.1, 0.15) is 5.92 Å². The lowest BCUT2D eigenvalue weighted by Gasteiger charge is -2.15. The van der Waals surface area contributed by atoms with Gasteiger partial charge in [-0.05, 0) is 12.1 Å². The maximum Gasteiger partial charge on any atom is 0.311 e. The number of hydrogen-bond acceptors (Lipinski definition) is 3. The quantitative estimate of drug-likeness (QED) is 0.852. The van der Waals surface area contributed by atoms with Crippen LogP contribution in [0, 0.1) is 17.6 Å². The van der Waals surface area contributed by atoms with Crippen LogP contribution < -0.4 is 5.32 Å². The fourth-order valence-electron chi connectivity index (χ4n) is 1.87. The van der Waals surface area contributed by atoms with Crippen molar-refractivity contribution in [2.45, 2.75) is 6.04 Å². The van der Waals surface area contributed by atoms with E-state index in [1.807, 2.05) is 0 Å². The van der Waals surface area contributed by atoms with Crippen LogP contribution in [0.15, 0.2) is 18.2 Å². The predicted molar refractivity (Wildman–Crippen MR) is 59.6 cm³/mol. The van der Waals surface area contributed by atoms with E-state index in [4.69, 9.17) is 9.84 Å². The van der Waals surface area contributed by atoms with Crippen LogP contribution in [-0.2, 0) is 9.53 Å². The van der Waals surface area contributed by atoms with E-state index in [0.717, 1.165) is 12.1 Å². The molecule has 2 N–H and O–H groups in total. The van der Waals surface area contributed by atoms with Gasteiger partial charge in [0, 0.05) is 0 Å². The molecule has 1 aromatic carbocycles. The molecule has 102 valence electrons. The second kappa shape index (κ2) is 5.31. The van der Waals surface area contributed by atoms with E-state index in [1.165, 1.54) is 6.07 Å². The Bertz CT molecular complexity index is 520. The molecule has 0 saturated carbocycles. The molecule has 2 rings (SSSR count). The van der Waals surface area contributed by atoms with Crippen LogP contribution in [0.1, 0.15) is 10.4 Å². The zero-order valence-corrected chi connectivity index (χ0v) is 9.73. The SMILES string of the molecule is O=C(NC1COCC1C(=O)O)c1cccc(F)c1F. The monoisotopic (exact) mass is 271 g/mol. The minimum absolute atomic E-state index is 0.0219. The number of nitrogens with one attached hydrogen (secondary N) is 1. The minimum atomic E-state index is -1.26. The molecule has 0 radical (unpaired) electrons. The second-order valence-corrected chi connectivity index (χ2v) is 4.16. The molecule has 0 bridgehead atoms. The highest BCUT2D eigenvalue weighted by molar-refractivity contribution is 5.95. The molecular formula is C12H11F2NO4. The Morgan fingerprint density at radius 2 is 2.05 bits per heavy atom. The molecule has 0 aromatic heterocycles. The van der Waals surface area contributed by atoms with E-state index < -0.39 is 41.0 Å². The molecule has 1 aliphatic rings. The molecular weight excluding hydrogens is 260 g/mol. The third-order valence-electron chi connectivity index (χ3n) is 2.91. The van der Waals surface area contributed by atoms with Gasteiger partial charge in [-0.15, -0.1) is 0 Å². The Morgan fingerprint density at radius 3 is 2.74 bits per heavy atom. The molecule has 1 amide bonds. The fraction of sp³-hybridized carbons (Fsp3) is 0.333. The number of carboxylic acid groups (broad SMARTS) is 1. The van der Waals surface area contributed by atoms with Crippen LogP contribution in [0.4, 0.5) is 8.78 Å². The highest BCUT2D eigenvalue weighted by Crippen LogP contribution is 2.16. The maximum absolute atomic E-state index is 13.4. The third kappa shape index (κ3) is 2.70. The topological polar surface area (TPSA) is 75.6 Å². The summed E-state index contributed by atoms with van der Waals surface area (Å²) in [5, 5.41) is 11.2. The number of benzene rings is 1. The molecule has 7 heteroatoms. The number of carboxylic acids is 1. The third-order valence-corrected chi connectivity index (χ3v) is 2.91. The first-order valence-corrected chi connectivity index (χ1v) is 5.56. The number of halogens is 2. The molecule has 2 atom stereocenters. The molecule has 1 fully saturated rings. The van der Waals surface area contributed by atoms with Gasteiger partial charge in [-0.1, -0.05) is 6.07 Å². The predicted octanol–water partition coefficient (Wildman–Crippen LogP) is 0.794. The number of rotatable bonds is 3. The van der Waals surface area contributed by atoms with Crippen molar-refractivity contribution in [3.8, 4) is 0 Å². The summed E-state index contributed by atoms with van der Waals surface area (Å²) in [5.41, 5.74) is -0.462. The van der Waals surface area contributed by atoms with Crippen LogP contribution in [0.25, 0.3) is 0 Å². The number of hydrogen-bond donors (Lipinski definition) is 2. The number of ether oxygens (including phenoxy) is 1. The normalized spacial score (nSPS) is 22.2. The highest BCUT2D eigenvalue weighted by Gasteiger charge is 2.35. The van der Waals surface area contributed by atoms with Gasteiger partial charge in [-0.2, -0.15) is 0 Å². The smallest absolute Gasteiger partial charge is 0.311 e. The number of amides is 1. The molecule has 1 aliphatic heterocycles. The largest absolute Gasteiger partial charge is 0.481 e. The summed E-state index contributed by atoms with van der Waals surface area (Å²) in [6, 6.07) is 2.46. The first kappa shape index (κ1) is 13.4. The number of carbonyl (C=O) groups is 2. The Kier molecular flexibility index (Phi) is 3.75. The van der Waals surface area contributed by atoms with Crippen molar-refractivity contribution in [2.75, 3.05) is 13.2 Å². The standard InChI is InChI=1S/C12H11F2NO4/c13-8-3-1-2-6(10(8)14)11(16)15-9-5-19-4-7(9)12(17)18/h1-3,7,9H,4-5H2,(H,15,16)(H,17,18). The van der Waals surface area contributed by atoms with Crippen molar-refractivity contribution in [3.63, 3.8) is 0 Å². The van der Waals surface area contributed by atoms with Crippen LogP contribution >= 0.6 is 0 Å². The van der Waals surface area contributed by atoms with Gasteiger partial charge in [0.2, 0.25) is 0 Å². The highest BCUT2D eigenvalue weighted by atomic mass is 19.2. The van der Waals surface area contributed by atoms with Crippen LogP contribution in [0.3, 0.4) is 0 Å². The first-order chi connectivity index (χ1) is 9.00. The van der Waals surface area contributed by atoms with Crippen molar-refractivity contribution in [1.29, 1.82) is 0 Å². The first-order valence-electron chi connectivity index (χ1n) is 5.56. The maximum atomic E-state index is 13.4. The summed E-state index contributed by atoms with van der Waals surface area (Å²) >= 11 is 0. The summed E-state index contributed by atoms with van der Waals surface area (Å²) in [7, 11) is 0. The lowest BCUT2D eigenvalue weighted by Crippen LogP contribution is -2.43. The lowest BCUT2D eigenvalue weighted by molar-refractivity contribution is -0.142. The van der Waals surface area contributed by atoms with Crippen molar-refractivity contribution < 1.29 is 28.2 Å². The van der Waals surface area contributed by atoms with E-state index >= 15 is 0 Å². The molecule has 1 heterocycles. The minimum Gasteiger partial charge on any atom is -0.481 e. The molecule has 5 nitrogen and oxygen atoms in total. The van der Waals surface area contributed by atoms with Gasteiger partial charge < -0.3 is 15.2 Å². The summed E-state index contributed by atoms with van der Waals surface area (Å²) in [4.78, 5) is 22.7. The van der Waals surface area contributed by atoms with Crippen molar-refractivity contribution >= 4 is 11.9 Å². The Labute approximate surface area is 107 Å². The van der Waals surface area contributed by atoms with E-state index in [1.54, 1.807) is 0 Å². The molecule has 19 heavy (non-hydrogen) atoms. The second-order valence-electron chi connectivity index (χ2n) is 4.16. The van der Waals surface area contributed by atoms with E-state index in [0.29, 0.717) is 0 Å². The average Bonchev–Trinajstić information content (AvgIpc) is 2.80. The van der Waals surface area contributed by atoms with E-state index in [2.05, 4.69) is 5.32 Å². The summed E-state index contributed by atoms with van der Waals surface area (Å²) in [6.45, 7) is 0.00551. The van der Waals surface area contributed by atoms with Gasteiger partial charge in [-0.3, -0.25) is 9.59 Å². The average molecular weight is 271 g/mol. The van der Waals surface area contributed by atoms with Crippen molar-refractivity contribution in [1.82, 2.24) is 5.32 Å². The van der Waals surface area contributed by atoms with Gasteiger partial charge >= 0.3 is 5.97 Å². The van der Waals surface area contributed by atoms with Crippen molar-refractivity contribution in [2.24, 2.45) is 5.92 Å². The molecule has 2 unspecified atom stereocenters. The number of aliphatic carboxylic acids is 1. The Balaban J connectivity index is 2.13. The summed E-state index contributed by atoms with van der Waals surface area (Å²) in [5.74, 6) is -5.25. The molecule has 0 spiro atoms. The summed E-state index contributed by atoms with van der Waals surface area (Å²) < 4.78 is 31.3. The Morgan fingerprint density at radius 1 is 1.32 bits per heavy atom. The molecule has 1 aromatic rings. The lowest BCUT2D eigenvalue weighted by atomic mass is 10.0. The van der Waals surface area contributed by atoms with Gasteiger partial charge in [0.15, 0.2) is 11.6 Å². The zero-order valence-electron chi connectivity index (χ0n) is 9.73. The van der Waals surface area contributed by atoms with Gasteiger partial charge in [-0.25, -0.2) is 8.78 Å². The Hall–Kier alpha value is -2.02. The van der Waals surface area contributed by atoms with Crippen LogP contribution in [0.5, 0.6) is 0 Å². The molecule has 0 aliphatic carbocycles. The van der Waals surface area contributed by atoms with E-state index in [9.17, 15) is 18.4 Å². The van der Waals surface area contributed by atoms with Crippen LogP contribution in [0.2, 0.25) is 0 Å². The zero-order chi connectivity index (χ0) is 14.0. The molecule has 1 saturated heterocycles. The number of carbonyl (C=O) groups excluding carboxylic acids is 1. The van der Waals surface area contributed by atoms with Crippen molar-refractivity contribution in [3.05, 3.63) is 35.4 Å². The fourth-order valence-corrected chi connectivity index (χ4v) is 1.87.